The lowest BCUT2D eigenvalue weighted by Gasteiger charge is -2.28. The summed E-state index contributed by atoms with van der Waals surface area (Å²) in [5.74, 6) is 0. The van der Waals surface area contributed by atoms with Gasteiger partial charge in [-0.1, -0.05) is 0 Å². The Kier molecular flexibility index (Phi) is 1.47. The Balaban J connectivity index is 2.36. The van der Waals surface area contributed by atoms with Crippen LogP contribution in [0.1, 0.15) is 6.04 Å². The number of hydrogen-bond donors (Lipinski definition) is 1. The second-order valence-corrected chi connectivity index (χ2v) is 2.62. The fourth-order valence-electron chi connectivity index (χ4n) is 1.12. The zero-order valence-electron chi connectivity index (χ0n) is 6.03. The second-order valence-electron chi connectivity index (χ2n) is 2.62. The lowest BCUT2D eigenvalue weighted by atomic mass is 10.2. The van der Waals surface area contributed by atoms with Gasteiger partial charge in [-0.15, -0.1) is 0 Å². The number of nitrogens with zero attached hydrogens (tertiary/aromatic N) is 2. The lowest BCUT2D eigenvalue weighted by molar-refractivity contribution is 0.332. The predicted molar refractivity (Wildman–Crippen MR) is 40.4 cm³/mol. The first-order valence-corrected chi connectivity index (χ1v) is 3.62. The van der Waals surface area contributed by atoms with Crippen LogP contribution in [0.3, 0.4) is 0 Å². The largest absolute Gasteiger partial charge is 0.347 e. The monoisotopic (exact) mass is 151 g/mol. The molecule has 58 valence electrons. The molecular weight excluding hydrogens is 142 g/mol. The average molecular weight is 151 g/mol. The van der Waals surface area contributed by atoms with Gasteiger partial charge >= 0.3 is 5.69 Å². The summed E-state index contributed by atoms with van der Waals surface area (Å²) in [4.78, 5) is 14.7. The van der Waals surface area contributed by atoms with Crippen molar-refractivity contribution in [3.8, 4) is 0 Å². The van der Waals surface area contributed by atoms with Crippen molar-refractivity contribution >= 4 is 0 Å². The molecule has 1 aromatic heterocycles. The Morgan fingerprint density at radius 2 is 2.45 bits per heavy atom. The van der Waals surface area contributed by atoms with E-state index in [-0.39, 0.29) is 5.69 Å². The number of aromatic nitrogens is 2. The maximum absolute atomic E-state index is 11.1. The van der Waals surface area contributed by atoms with Crippen molar-refractivity contribution in [2.24, 2.45) is 0 Å². The maximum atomic E-state index is 11.1. The van der Waals surface area contributed by atoms with Crippen LogP contribution in [0.2, 0.25) is 0 Å². The van der Waals surface area contributed by atoms with Crippen molar-refractivity contribution in [2.45, 2.75) is 6.04 Å². The lowest BCUT2D eigenvalue weighted by Crippen LogP contribution is -2.47. The molecular formula is C7H9N3O. The van der Waals surface area contributed by atoms with Crippen LogP contribution in [-0.2, 0) is 0 Å². The Morgan fingerprint density at radius 3 is 3.00 bits per heavy atom. The van der Waals surface area contributed by atoms with Crippen molar-refractivity contribution in [2.75, 3.05) is 13.1 Å². The van der Waals surface area contributed by atoms with Crippen LogP contribution in [0, 0.1) is 0 Å². The molecule has 0 aromatic carbocycles. The molecule has 2 heterocycles. The van der Waals surface area contributed by atoms with Gasteiger partial charge in [0.2, 0.25) is 0 Å². The van der Waals surface area contributed by atoms with E-state index in [0.29, 0.717) is 6.04 Å². The standard InChI is InChI=1S/C7H9N3O/c11-7-9-2-1-3-10(7)6-4-8-5-6/h1-3,6,8H,4-5H2. The van der Waals surface area contributed by atoms with Gasteiger partial charge in [-0.3, -0.25) is 4.57 Å². The van der Waals surface area contributed by atoms with E-state index in [1.165, 1.54) is 6.20 Å². The van der Waals surface area contributed by atoms with E-state index in [2.05, 4.69) is 10.3 Å². The summed E-state index contributed by atoms with van der Waals surface area (Å²) in [5, 5.41) is 3.10. The molecule has 1 N–H and O–H groups in total. The van der Waals surface area contributed by atoms with Gasteiger partial charge < -0.3 is 5.32 Å². The molecule has 0 amide bonds. The third kappa shape index (κ3) is 1.05. The highest BCUT2D eigenvalue weighted by Gasteiger charge is 2.18. The first-order chi connectivity index (χ1) is 5.38. The molecule has 2 rings (SSSR count). The van der Waals surface area contributed by atoms with Crippen molar-refractivity contribution < 1.29 is 0 Å². The summed E-state index contributed by atoms with van der Waals surface area (Å²) in [6, 6.07) is 2.09. The van der Waals surface area contributed by atoms with E-state index in [4.69, 9.17) is 0 Å². The minimum Gasteiger partial charge on any atom is -0.313 e. The van der Waals surface area contributed by atoms with E-state index in [1.807, 2.05) is 0 Å². The Morgan fingerprint density at radius 1 is 1.64 bits per heavy atom. The molecule has 4 nitrogen and oxygen atoms in total. The normalized spacial score (nSPS) is 17.8. The molecule has 0 unspecified atom stereocenters. The third-order valence-corrected chi connectivity index (χ3v) is 1.89. The van der Waals surface area contributed by atoms with Crippen LogP contribution in [0.15, 0.2) is 23.3 Å². The molecule has 1 fully saturated rings. The van der Waals surface area contributed by atoms with Gasteiger partial charge in [0.1, 0.15) is 0 Å². The molecule has 0 saturated carbocycles. The van der Waals surface area contributed by atoms with Crippen LogP contribution in [0.25, 0.3) is 0 Å². The van der Waals surface area contributed by atoms with Gasteiger partial charge in [0, 0.05) is 25.5 Å². The molecule has 0 aliphatic carbocycles. The first-order valence-electron chi connectivity index (χ1n) is 3.62. The summed E-state index contributed by atoms with van der Waals surface area (Å²) < 4.78 is 1.66. The van der Waals surface area contributed by atoms with Crippen molar-refractivity contribution in [1.29, 1.82) is 0 Å². The summed E-state index contributed by atoms with van der Waals surface area (Å²) in [6.07, 6.45) is 3.30. The molecule has 1 saturated heterocycles. The second kappa shape index (κ2) is 2.47. The van der Waals surface area contributed by atoms with Crippen LogP contribution in [-0.4, -0.2) is 22.6 Å². The van der Waals surface area contributed by atoms with E-state index in [0.717, 1.165) is 13.1 Å². The van der Waals surface area contributed by atoms with Crippen molar-refractivity contribution in [3.63, 3.8) is 0 Å². The zero-order chi connectivity index (χ0) is 7.68. The Hall–Kier alpha value is -1.16. The number of nitrogens with one attached hydrogen (secondary N) is 1. The molecule has 1 aliphatic heterocycles. The molecule has 0 radical (unpaired) electrons. The molecule has 4 heteroatoms. The fourth-order valence-corrected chi connectivity index (χ4v) is 1.12. The van der Waals surface area contributed by atoms with Gasteiger partial charge in [0.15, 0.2) is 0 Å². The highest BCUT2D eigenvalue weighted by atomic mass is 16.1. The summed E-state index contributed by atoms with van der Waals surface area (Å²) in [6.45, 7) is 1.76. The van der Waals surface area contributed by atoms with Crippen LogP contribution in [0.4, 0.5) is 0 Å². The van der Waals surface area contributed by atoms with Crippen molar-refractivity contribution in [3.05, 3.63) is 28.9 Å². The van der Waals surface area contributed by atoms with Crippen LogP contribution >= 0.6 is 0 Å². The SMILES string of the molecule is O=c1ncccn1C1CNC1. The Bertz CT molecular complexity index is 303. The topological polar surface area (TPSA) is 46.9 Å². The summed E-state index contributed by atoms with van der Waals surface area (Å²) in [7, 11) is 0. The molecule has 1 aliphatic rings. The fraction of sp³-hybridized carbons (Fsp3) is 0.429. The van der Waals surface area contributed by atoms with E-state index in [1.54, 1.807) is 16.8 Å². The number of rotatable bonds is 1. The smallest absolute Gasteiger partial charge is 0.313 e. The van der Waals surface area contributed by atoms with Crippen molar-refractivity contribution in [1.82, 2.24) is 14.9 Å². The van der Waals surface area contributed by atoms with Gasteiger partial charge in [0.25, 0.3) is 0 Å². The maximum Gasteiger partial charge on any atom is 0.347 e. The highest BCUT2D eigenvalue weighted by molar-refractivity contribution is 4.89. The molecule has 1 aromatic rings. The van der Waals surface area contributed by atoms with Crippen LogP contribution in [0.5, 0.6) is 0 Å². The third-order valence-electron chi connectivity index (χ3n) is 1.89. The molecule has 0 atom stereocenters. The van der Waals surface area contributed by atoms with E-state index in [9.17, 15) is 4.79 Å². The summed E-state index contributed by atoms with van der Waals surface area (Å²) in [5.41, 5.74) is -0.154. The van der Waals surface area contributed by atoms with Gasteiger partial charge in [-0.05, 0) is 6.07 Å². The molecule has 0 bridgehead atoms. The predicted octanol–water partition coefficient (Wildman–Crippen LogP) is -0.612. The van der Waals surface area contributed by atoms with E-state index >= 15 is 0 Å². The quantitative estimate of drug-likeness (QED) is 0.582. The van der Waals surface area contributed by atoms with E-state index < -0.39 is 0 Å². The van der Waals surface area contributed by atoms with Crippen LogP contribution < -0.4 is 11.0 Å². The molecule has 0 spiro atoms. The first kappa shape index (κ1) is 6.54. The number of hydrogen-bond acceptors (Lipinski definition) is 3. The minimum absolute atomic E-state index is 0.154. The van der Waals surface area contributed by atoms with Gasteiger partial charge in [0.05, 0.1) is 6.04 Å². The highest BCUT2D eigenvalue weighted by Crippen LogP contribution is 2.06. The van der Waals surface area contributed by atoms with Gasteiger partial charge in [-0.2, -0.15) is 0 Å². The molecule has 11 heavy (non-hydrogen) atoms. The van der Waals surface area contributed by atoms with Gasteiger partial charge in [-0.25, -0.2) is 9.78 Å². The minimum atomic E-state index is -0.154. The summed E-state index contributed by atoms with van der Waals surface area (Å²) >= 11 is 0. The Labute approximate surface area is 63.9 Å². The average Bonchev–Trinajstić information content (AvgIpc) is 1.90. The zero-order valence-corrected chi connectivity index (χ0v) is 6.03.